The zero-order chi connectivity index (χ0) is 16.7. The van der Waals surface area contributed by atoms with Crippen LogP contribution in [0.25, 0.3) is 10.8 Å². The Labute approximate surface area is 160 Å². The molecule has 0 bridgehead atoms. The number of benzene rings is 2. The Balaban J connectivity index is 0.00000288. The zero-order valence-corrected chi connectivity index (χ0v) is 17.1. The lowest BCUT2D eigenvalue weighted by Crippen LogP contribution is -2.30. The molecule has 0 radical (unpaired) electrons. The van der Waals surface area contributed by atoms with Gasteiger partial charge in [-0.05, 0) is 48.3 Å². The van der Waals surface area contributed by atoms with Crippen LogP contribution in [0.15, 0.2) is 40.9 Å². The number of nitrogens with zero attached hydrogens (tertiary/aromatic N) is 1. The van der Waals surface area contributed by atoms with Gasteiger partial charge in [0.25, 0.3) is 0 Å². The second-order valence-electron chi connectivity index (χ2n) is 6.21. The normalized spacial score (nSPS) is 12.4. The molecular weight excluding hydrogens is 386 g/mol. The summed E-state index contributed by atoms with van der Waals surface area (Å²) in [5.41, 5.74) is 1.03. The monoisotopic (exact) mass is 413 g/mol. The van der Waals surface area contributed by atoms with Crippen LogP contribution in [-0.4, -0.2) is 29.6 Å². The molecule has 0 aliphatic carbocycles. The topological polar surface area (TPSA) is 23.5 Å². The Morgan fingerprint density at radius 2 is 1.54 bits per heavy atom. The highest BCUT2D eigenvalue weighted by molar-refractivity contribution is 9.10. The second-order valence-corrected chi connectivity index (χ2v) is 7.06. The van der Waals surface area contributed by atoms with Gasteiger partial charge in [0.2, 0.25) is 0 Å². The van der Waals surface area contributed by atoms with Gasteiger partial charge < -0.3 is 10.0 Å². The van der Waals surface area contributed by atoms with Gasteiger partial charge in [0.05, 0.1) is 6.10 Å². The van der Waals surface area contributed by atoms with Gasteiger partial charge in [0.1, 0.15) is 0 Å². The van der Waals surface area contributed by atoms with E-state index in [4.69, 9.17) is 0 Å². The Hall–Kier alpha value is -0.610. The van der Waals surface area contributed by atoms with Gasteiger partial charge >= 0.3 is 0 Å². The first-order valence-corrected chi connectivity index (χ1v) is 9.54. The number of hydrogen-bond acceptors (Lipinski definition) is 2. The lowest BCUT2D eigenvalue weighted by molar-refractivity contribution is 0.112. The lowest BCUT2D eigenvalue weighted by Gasteiger charge is -2.25. The number of aliphatic hydroxyl groups excluding tert-OH is 1. The number of hydrogen-bond donors (Lipinski definition) is 1. The minimum Gasteiger partial charge on any atom is -0.387 e. The molecule has 134 valence electrons. The summed E-state index contributed by atoms with van der Waals surface area (Å²) in [6.45, 7) is 7.29. The molecule has 2 aromatic rings. The minimum atomic E-state index is -0.443. The van der Waals surface area contributed by atoms with Gasteiger partial charge in [0.15, 0.2) is 0 Å². The zero-order valence-electron chi connectivity index (χ0n) is 14.7. The van der Waals surface area contributed by atoms with Crippen molar-refractivity contribution >= 4 is 39.1 Å². The summed E-state index contributed by atoms with van der Waals surface area (Å²) in [6, 6.07) is 12.4. The fourth-order valence-corrected chi connectivity index (χ4v) is 3.45. The first-order valence-electron chi connectivity index (χ1n) is 8.75. The van der Waals surface area contributed by atoms with E-state index in [9.17, 15) is 5.11 Å². The number of rotatable bonds is 9. The quantitative estimate of drug-likeness (QED) is 0.547. The third-order valence-corrected chi connectivity index (χ3v) is 5.04. The maximum absolute atomic E-state index is 10.8. The highest BCUT2D eigenvalue weighted by atomic mass is 79.9. The Kier molecular flexibility index (Phi) is 9.91. The number of fused-ring (bicyclic) bond motifs is 1. The van der Waals surface area contributed by atoms with Crippen molar-refractivity contribution in [1.82, 2.24) is 4.90 Å². The van der Waals surface area contributed by atoms with Crippen LogP contribution in [0.5, 0.6) is 0 Å². The van der Waals surface area contributed by atoms with E-state index < -0.39 is 6.10 Å². The van der Waals surface area contributed by atoms with E-state index >= 15 is 0 Å². The van der Waals surface area contributed by atoms with Crippen LogP contribution in [0, 0.1) is 0 Å². The molecule has 24 heavy (non-hydrogen) atoms. The van der Waals surface area contributed by atoms with Crippen LogP contribution >= 0.6 is 28.3 Å². The van der Waals surface area contributed by atoms with Crippen molar-refractivity contribution in [3.05, 3.63) is 46.4 Å². The maximum Gasteiger partial charge on any atom is 0.0922 e. The van der Waals surface area contributed by atoms with E-state index in [0.717, 1.165) is 33.9 Å². The van der Waals surface area contributed by atoms with Gasteiger partial charge in [0, 0.05) is 11.0 Å². The predicted molar refractivity (Wildman–Crippen MR) is 110 cm³/mol. The van der Waals surface area contributed by atoms with Crippen LogP contribution in [0.3, 0.4) is 0 Å². The van der Waals surface area contributed by atoms with Crippen LogP contribution in [0.1, 0.15) is 51.2 Å². The summed E-state index contributed by atoms with van der Waals surface area (Å²) in [6.07, 6.45) is 4.33. The van der Waals surface area contributed by atoms with Gasteiger partial charge in [-0.2, -0.15) is 0 Å². The van der Waals surface area contributed by atoms with E-state index in [-0.39, 0.29) is 12.4 Å². The van der Waals surface area contributed by atoms with Crippen molar-refractivity contribution in [1.29, 1.82) is 0 Å². The van der Waals surface area contributed by atoms with E-state index in [1.165, 1.54) is 25.7 Å². The third kappa shape index (κ3) is 5.73. The van der Waals surface area contributed by atoms with Crippen molar-refractivity contribution in [2.24, 2.45) is 0 Å². The molecule has 0 saturated carbocycles. The highest BCUT2D eigenvalue weighted by Crippen LogP contribution is 2.30. The van der Waals surface area contributed by atoms with Crippen molar-refractivity contribution < 1.29 is 5.11 Å². The first-order chi connectivity index (χ1) is 11.2. The van der Waals surface area contributed by atoms with E-state index in [0.29, 0.717) is 6.54 Å². The molecule has 0 aromatic heterocycles. The summed E-state index contributed by atoms with van der Waals surface area (Å²) < 4.78 is 1.08. The van der Waals surface area contributed by atoms with Gasteiger partial charge in [-0.15, -0.1) is 12.4 Å². The van der Waals surface area contributed by atoms with E-state index in [1.54, 1.807) is 0 Å². The lowest BCUT2D eigenvalue weighted by atomic mass is 10.00. The second kappa shape index (κ2) is 11.1. The summed E-state index contributed by atoms with van der Waals surface area (Å²) in [5, 5.41) is 13.1. The Bertz CT molecular complexity index is 612. The van der Waals surface area contributed by atoms with Crippen LogP contribution < -0.4 is 0 Å². The summed E-state index contributed by atoms with van der Waals surface area (Å²) in [7, 11) is 0. The average molecular weight is 415 g/mol. The van der Waals surface area contributed by atoms with E-state index in [2.05, 4.69) is 52.9 Å². The molecule has 0 saturated heterocycles. The van der Waals surface area contributed by atoms with Crippen LogP contribution in [-0.2, 0) is 0 Å². The number of aliphatic hydroxyl groups is 1. The minimum absolute atomic E-state index is 0. The summed E-state index contributed by atoms with van der Waals surface area (Å²) in [4.78, 5) is 2.41. The molecule has 1 N–H and O–H groups in total. The van der Waals surface area contributed by atoms with Crippen molar-refractivity contribution in [3.8, 4) is 0 Å². The predicted octanol–water partition coefficient (Wildman–Crippen LogP) is 5.96. The molecule has 2 aromatic carbocycles. The maximum atomic E-state index is 10.8. The molecule has 1 atom stereocenters. The largest absolute Gasteiger partial charge is 0.387 e. The fraction of sp³-hybridized carbons (Fsp3) is 0.500. The SMILES string of the molecule is CCCCN(CCCC)CC(O)c1ccc(Br)c2ccccc12.Cl. The molecule has 4 heteroatoms. The van der Waals surface area contributed by atoms with Crippen LogP contribution in [0.2, 0.25) is 0 Å². The molecule has 0 aliphatic rings. The Morgan fingerprint density at radius 3 is 2.12 bits per heavy atom. The molecule has 0 fully saturated rings. The molecule has 2 nitrogen and oxygen atoms in total. The van der Waals surface area contributed by atoms with Gasteiger partial charge in [-0.25, -0.2) is 0 Å². The van der Waals surface area contributed by atoms with Crippen molar-refractivity contribution in [2.45, 2.75) is 45.6 Å². The highest BCUT2D eigenvalue weighted by Gasteiger charge is 2.16. The standard InChI is InChI=1S/C20H28BrNO.ClH/c1-3-5-13-22(14-6-4-2)15-20(23)18-11-12-19(21)17-10-8-7-9-16(17)18;/h7-12,20,23H,3-6,13-15H2,1-2H3;1H. The number of halogens is 2. The molecule has 0 aliphatic heterocycles. The molecule has 2 rings (SSSR count). The third-order valence-electron chi connectivity index (χ3n) is 4.35. The van der Waals surface area contributed by atoms with Crippen molar-refractivity contribution in [2.75, 3.05) is 19.6 Å². The fourth-order valence-electron chi connectivity index (χ4n) is 2.98. The van der Waals surface area contributed by atoms with Gasteiger partial charge in [-0.3, -0.25) is 0 Å². The van der Waals surface area contributed by atoms with E-state index in [1.807, 2.05) is 18.2 Å². The van der Waals surface area contributed by atoms with Crippen LogP contribution in [0.4, 0.5) is 0 Å². The first kappa shape index (κ1) is 21.4. The summed E-state index contributed by atoms with van der Waals surface area (Å²) in [5.74, 6) is 0. The number of unbranched alkanes of at least 4 members (excludes halogenated alkanes) is 2. The van der Waals surface area contributed by atoms with Crippen molar-refractivity contribution in [3.63, 3.8) is 0 Å². The van der Waals surface area contributed by atoms with Gasteiger partial charge in [-0.1, -0.05) is 73.0 Å². The molecule has 0 amide bonds. The molecular formula is C20H29BrClNO. The smallest absolute Gasteiger partial charge is 0.0922 e. The average Bonchev–Trinajstić information content (AvgIpc) is 2.57. The summed E-state index contributed by atoms with van der Waals surface area (Å²) >= 11 is 3.61. The molecule has 0 heterocycles. The Morgan fingerprint density at radius 1 is 0.958 bits per heavy atom. The molecule has 1 unspecified atom stereocenters. The molecule has 0 spiro atoms.